The van der Waals surface area contributed by atoms with Crippen molar-refractivity contribution in [3.05, 3.63) is 54.6 Å². The van der Waals surface area contributed by atoms with Crippen LogP contribution in [-0.2, 0) is 0 Å². The number of hydrogen-bond acceptors (Lipinski definition) is 5. The molecule has 4 nitrogen and oxygen atoms in total. The van der Waals surface area contributed by atoms with Crippen molar-refractivity contribution >= 4 is 29.3 Å². The van der Waals surface area contributed by atoms with Gasteiger partial charge in [-0.25, -0.2) is 0 Å². The van der Waals surface area contributed by atoms with Crippen LogP contribution in [0.5, 0.6) is 5.75 Å². The normalized spacial score (nSPS) is 22.0. The molecular formula is C19H21ClN2O2S. The molecule has 1 N–H and O–H groups in total. The van der Waals surface area contributed by atoms with Gasteiger partial charge in [-0.3, -0.25) is 4.99 Å². The predicted molar refractivity (Wildman–Crippen MR) is 106 cm³/mol. The van der Waals surface area contributed by atoms with Gasteiger partial charge in [0.1, 0.15) is 12.4 Å². The summed E-state index contributed by atoms with van der Waals surface area (Å²) in [4.78, 5) is 6.49. The molecule has 2 heterocycles. The molecule has 25 heavy (non-hydrogen) atoms. The van der Waals surface area contributed by atoms with Gasteiger partial charge in [0.2, 0.25) is 0 Å². The molecule has 2 aromatic rings. The third kappa shape index (κ3) is 3.64. The first-order valence-corrected chi connectivity index (χ1v) is 9.19. The zero-order valence-corrected chi connectivity index (χ0v) is 15.4. The highest BCUT2D eigenvalue weighted by Crippen LogP contribution is 2.35. The molecule has 0 aromatic heterocycles. The Bertz CT molecular complexity index is 756. The highest BCUT2D eigenvalue weighted by atomic mass is 35.5. The number of ether oxygens (including phenoxy) is 1. The quantitative estimate of drug-likeness (QED) is 0.884. The van der Waals surface area contributed by atoms with Gasteiger partial charge >= 0.3 is 0 Å². The molecule has 0 radical (unpaired) electrons. The Hall–Kier alpha value is -1.69. The van der Waals surface area contributed by atoms with Crippen molar-refractivity contribution in [2.45, 2.75) is 12.1 Å². The van der Waals surface area contributed by atoms with Crippen LogP contribution in [0.4, 0.5) is 0 Å². The maximum atomic E-state index is 11.0. The summed E-state index contributed by atoms with van der Waals surface area (Å²) in [6.07, 6.45) is 0.979. The third-order valence-corrected chi connectivity index (χ3v) is 5.60. The second-order valence-electron chi connectivity index (χ2n) is 6.09. The number of halogens is 1. The van der Waals surface area contributed by atoms with Crippen molar-refractivity contribution in [2.24, 2.45) is 4.99 Å². The average Bonchev–Trinajstić information content (AvgIpc) is 2.99. The molecule has 2 aliphatic heterocycles. The highest BCUT2D eigenvalue weighted by Gasteiger charge is 2.44. The first-order chi connectivity index (χ1) is 11.8. The van der Waals surface area contributed by atoms with Gasteiger partial charge in [-0.15, -0.1) is 12.4 Å². The standard InChI is InChI=1S/C19H20N2O2S.ClH/c22-19(14-24-18-20-11-6-12-21(18)19)13-23-17-10-5-4-9-16(17)15-7-2-1-3-8-15;/h1-5,7-10,22H,6,11-14H2;1H. The Morgan fingerprint density at radius 1 is 1.12 bits per heavy atom. The van der Waals surface area contributed by atoms with Crippen molar-refractivity contribution in [1.82, 2.24) is 4.90 Å². The number of aliphatic imine (C=N–C) groups is 1. The molecule has 4 rings (SSSR count). The number of aliphatic hydroxyl groups is 1. The second-order valence-corrected chi connectivity index (χ2v) is 7.03. The lowest BCUT2D eigenvalue weighted by Crippen LogP contribution is -2.53. The van der Waals surface area contributed by atoms with Crippen LogP contribution in [0.2, 0.25) is 0 Å². The fraction of sp³-hybridized carbons (Fsp3) is 0.316. The molecule has 1 saturated heterocycles. The average molecular weight is 377 g/mol. The maximum absolute atomic E-state index is 11.0. The molecule has 2 aliphatic rings. The minimum absolute atomic E-state index is 0. The SMILES string of the molecule is Cl.OC1(COc2ccccc2-c2ccccc2)CSC2=NCCCN21. The minimum atomic E-state index is -0.978. The molecule has 6 heteroatoms. The van der Waals surface area contributed by atoms with E-state index in [9.17, 15) is 5.11 Å². The van der Waals surface area contributed by atoms with E-state index < -0.39 is 5.72 Å². The number of rotatable bonds is 4. The van der Waals surface area contributed by atoms with Gasteiger partial charge in [-0.05, 0) is 18.1 Å². The number of amidine groups is 1. The summed E-state index contributed by atoms with van der Waals surface area (Å²) in [5.41, 5.74) is 1.18. The van der Waals surface area contributed by atoms with Crippen LogP contribution < -0.4 is 4.74 Å². The number of benzene rings is 2. The molecule has 0 saturated carbocycles. The Morgan fingerprint density at radius 2 is 1.88 bits per heavy atom. The molecule has 0 bridgehead atoms. The lowest BCUT2D eigenvalue weighted by molar-refractivity contribution is -0.0750. The van der Waals surface area contributed by atoms with Crippen LogP contribution in [0.15, 0.2) is 59.6 Å². The smallest absolute Gasteiger partial charge is 0.183 e. The van der Waals surface area contributed by atoms with Crippen LogP contribution in [-0.4, -0.2) is 46.3 Å². The summed E-state index contributed by atoms with van der Waals surface area (Å²) >= 11 is 1.61. The molecule has 2 aromatic carbocycles. The third-order valence-electron chi connectivity index (χ3n) is 4.38. The fourth-order valence-electron chi connectivity index (χ4n) is 3.11. The van der Waals surface area contributed by atoms with Crippen molar-refractivity contribution in [2.75, 3.05) is 25.4 Å². The van der Waals surface area contributed by atoms with Crippen LogP contribution in [0.25, 0.3) is 11.1 Å². The highest BCUT2D eigenvalue weighted by molar-refractivity contribution is 8.14. The van der Waals surface area contributed by atoms with Crippen molar-refractivity contribution in [3.8, 4) is 16.9 Å². The van der Waals surface area contributed by atoms with Crippen molar-refractivity contribution in [3.63, 3.8) is 0 Å². The van der Waals surface area contributed by atoms with E-state index in [-0.39, 0.29) is 19.0 Å². The number of fused-ring (bicyclic) bond motifs is 1. The first-order valence-electron chi connectivity index (χ1n) is 8.21. The van der Waals surface area contributed by atoms with E-state index in [1.54, 1.807) is 11.8 Å². The van der Waals surface area contributed by atoms with E-state index in [2.05, 4.69) is 17.1 Å². The minimum Gasteiger partial charge on any atom is -0.488 e. The van der Waals surface area contributed by atoms with E-state index in [1.807, 2.05) is 47.4 Å². The summed E-state index contributed by atoms with van der Waals surface area (Å²) in [6, 6.07) is 18.1. The van der Waals surface area contributed by atoms with Gasteiger partial charge in [-0.1, -0.05) is 60.3 Å². The predicted octanol–water partition coefficient (Wildman–Crippen LogP) is 3.65. The van der Waals surface area contributed by atoms with E-state index in [4.69, 9.17) is 4.74 Å². The zero-order valence-electron chi connectivity index (χ0n) is 13.8. The van der Waals surface area contributed by atoms with Crippen molar-refractivity contribution in [1.29, 1.82) is 0 Å². The molecule has 0 aliphatic carbocycles. The van der Waals surface area contributed by atoms with Crippen LogP contribution in [0.1, 0.15) is 6.42 Å². The number of hydrogen-bond donors (Lipinski definition) is 1. The second kappa shape index (κ2) is 7.68. The number of nitrogens with zero attached hydrogens (tertiary/aromatic N) is 2. The largest absolute Gasteiger partial charge is 0.488 e. The summed E-state index contributed by atoms with van der Waals surface area (Å²) in [5.74, 6) is 1.39. The van der Waals surface area contributed by atoms with Gasteiger partial charge in [-0.2, -0.15) is 0 Å². The molecular weight excluding hydrogens is 356 g/mol. The maximum Gasteiger partial charge on any atom is 0.183 e. The molecule has 1 atom stereocenters. The van der Waals surface area contributed by atoms with Gasteiger partial charge in [0.25, 0.3) is 0 Å². The molecule has 132 valence electrons. The number of para-hydroxylation sites is 1. The van der Waals surface area contributed by atoms with E-state index in [1.165, 1.54) is 0 Å². The van der Waals surface area contributed by atoms with E-state index >= 15 is 0 Å². The summed E-state index contributed by atoms with van der Waals surface area (Å²) in [6.45, 7) is 1.93. The fourth-order valence-corrected chi connectivity index (χ4v) is 4.31. The van der Waals surface area contributed by atoms with Crippen LogP contribution in [0.3, 0.4) is 0 Å². The van der Waals surface area contributed by atoms with Gasteiger partial charge < -0.3 is 14.7 Å². The molecule has 0 amide bonds. The molecule has 1 unspecified atom stereocenters. The Kier molecular flexibility index (Phi) is 5.57. The zero-order chi connectivity index (χ0) is 16.4. The number of thioether (sulfide) groups is 1. The van der Waals surface area contributed by atoms with Crippen LogP contribution >= 0.6 is 24.2 Å². The van der Waals surface area contributed by atoms with Gasteiger partial charge in [0.15, 0.2) is 10.9 Å². The van der Waals surface area contributed by atoms with Gasteiger partial charge in [0, 0.05) is 18.7 Å². The van der Waals surface area contributed by atoms with E-state index in [0.717, 1.165) is 41.6 Å². The Labute approximate surface area is 158 Å². The lowest BCUT2D eigenvalue weighted by Gasteiger charge is -2.35. The Balaban J connectivity index is 0.00000182. The summed E-state index contributed by atoms with van der Waals surface area (Å²) in [7, 11) is 0. The molecule has 1 fully saturated rings. The topological polar surface area (TPSA) is 45.1 Å². The Morgan fingerprint density at radius 3 is 2.72 bits per heavy atom. The monoisotopic (exact) mass is 376 g/mol. The van der Waals surface area contributed by atoms with Gasteiger partial charge in [0.05, 0.1) is 5.75 Å². The van der Waals surface area contributed by atoms with Crippen LogP contribution in [0, 0.1) is 0 Å². The first kappa shape index (κ1) is 18.1. The lowest BCUT2D eigenvalue weighted by atomic mass is 10.0. The van der Waals surface area contributed by atoms with E-state index in [0.29, 0.717) is 5.75 Å². The molecule has 0 spiro atoms. The summed E-state index contributed by atoms with van der Waals surface area (Å²) in [5, 5.41) is 12.0. The van der Waals surface area contributed by atoms with Crippen molar-refractivity contribution < 1.29 is 9.84 Å². The summed E-state index contributed by atoms with van der Waals surface area (Å²) < 4.78 is 6.07.